The van der Waals surface area contributed by atoms with Gasteiger partial charge in [-0.25, -0.2) is 0 Å². The maximum absolute atomic E-state index is 12.4. The fraction of sp³-hybridized carbons (Fsp3) is 0.250. The molecule has 0 aliphatic heterocycles. The van der Waals surface area contributed by atoms with Gasteiger partial charge >= 0.3 is 0 Å². The number of carbonyl (C=O) groups excluding carboxylic acids is 1. The van der Waals surface area contributed by atoms with Crippen molar-refractivity contribution in [3.8, 4) is 11.5 Å². The van der Waals surface area contributed by atoms with Crippen LogP contribution in [0.2, 0.25) is 0 Å². The largest absolute Gasteiger partial charge is 0.421 e. The number of hydrogen-bond donors (Lipinski definition) is 0. The number of carbonyl (C=O) groups is 1. The number of benzene rings is 2. The van der Waals surface area contributed by atoms with Crippen molar-refractivity contribution in [1.82, 2.24) is 15.1 Å². The van der Waals surface area contributed by atoms with Crippen molar-refractivity contribution in [1.29, 1.82) is 0 Å². The van der Waals surface area contributed by atoms with Crippen LogP contribution in [-0.4, -0.2) is 34.3 Å². The molecule has 1 heterocycles. The van der Waals surface area contributed by atoms with Crippen LogP contribution in [0.1, 0.15) is 17.9 Å². The normalized spacial score (nSPS) is 10.7. The molecule has 0 unspecified atom stereocenters. The van der Waals surface area contributed by atoms with Gasteiger partial charge in [0.05, 0.1) is 0 Å². The summed E-state index contributed by atoms with van der Waals surface area (Å²) in [6, 6.07) is 17.9. The van der Waals surface area contributed by atoms with Crippen molar-refractivity contribution in [2.24, 2.45) is 0 Å². The van der Waals surface area contributed by atoms with Crippen LogP contribution in [0.5, 0.6) is 0 Å². The van der Waals surface area contributed by atoms with Crippen LogP contribution >= 0.6 is 11.8 Å². The molecule has 0 radical (unpaired) electrons. The molecule has 0 spiro atoms. The van der Waals surface area contributed by atoms with E-state index in [0.717, 1.165) is 11.1 Å². The van der Waals surface area contributed by atoms with Crippen molar-refractivity contribution in [2.75, 3.05) is 13.3 Å². The first kappa shape index (κ1) is 18.2. The topological polar surface area (TPSA) is 59.2 Å². The second-order valence-electron chi connectivity index (χ2n) is 5.96. The molecule has 134 valence electrons. The summed E-state index contributed by atoms with van der Waals surface area (Å²) in [6.45, 7) is 0.590. The summed E-state index contributed by atoms with van der Waals surface area (Å²) < 4.78 is 5.65. The van der Waals surface area contributed by atoms with E-state index in [1.165, 1.54) is 4.90 Å². The third-order valence-corrected chi connectivity index (χ3v) is 4.79. The second kappa shape index (κ2) is 8.67. The highest BCUT2D eigenvalue weighted by Crippen LogP contribution is 2.18. The molecule has 0 saturated heterocycles. The predicted octanol–water partition coefficient (Wildman–Crippen LogP) is 4.05. The zero-order chi connectivity index (χ0) is 18.4. The Balaban J connectivity index is 1.52. The third kappa shape index (κ3) is 4.73. The van der Waals surface area contributed by atoms with Crippen LogP contribution < -0.4 is 0 Å². The highest BCUT2D eigenvalue weighted by molar-refractivity contribution is 7.98. The highest BCUT2D eigenvalue weighted by atomic mass is 32.2. The molecule has 1 amide bonds. The lowest BCUT2D eigenvalue weighted by Gasteiger charge is -2.17. The lowest BCUT2D eigenvalue weighted by molar-refractivity contribution is -0.130. The maximum Gasteiger partial charge on any atom is 0.247 e. The molecule has 0 fully saturated rings. The second-order valence-corrected chi connectivity index (χ2v) is 6.84. The lowest BCUT2D eigenvalue weighted by atomic mass is 10.2. The molecule has 3 rings (SSSR count). The van der Waals surface area contributed by atoms with Crippen molar-refractivity contribution >= 4 is 17.7 Å². The molecular formula is C20H21N3O2S. The molecular weight excluding hydrogens is 346 g/mol. The van der Waals surface area contributed by atoms with E-state index in [0.29, 0.717) is 31.2 Å². The molecule has 0 aliphatic carbocycles. The Hall–Kier alpha value is -2.60. The first-order chi connectivity index (χ1) is 12.7. The fourth-order valence-corrected chi connectivity index (χ4v) is 2.96. The Bertz CT molecular complexity index is 847. The summed E-state index contributed by atoms with van der Waals surface area (Å²) >= 11 is 1.70. The van der Waals surface area contributed by atoms with Gasteiger partial charge in [0.25, 0.3) is 0 Å². The molecule has 6 heteroatoms. The Morgan fingerprint density at radius 2 is 1.81 bits per heavy atom. The van der Waals surface area contributed by atoms with Crippen LogP contribution in [-0.2, 0) is 17.8 Å². The third-order valence-electron chi connectivity index (χ3n) is 4.04. The molecule has 0 saturated carbocycles. The van der Waals surface area contributed by atoms with Crippen LogP contribution in [0.25, 0.3) is 11.5 Å². The van der Waals surface area contributed by atoms with E-state index in [1.54, 1.807) is 16.7 Å². The van der Waals surface area contributed by atoms with Crippen molar-refractivity contribution < 1.29 is 9.21 Å². The van der Waals surface area contributed by atoms with Crippen LogP contribution in [0.4, 0.5) is 0 Å². The summed E-state index contributed by atoms with van der Waals surface area (Å²) in [5.41, 5.74) is 1.99. The first-order valence-electron chi connectivity index (χ1n) is 8.40. The lowest BCUT2D eigenvalue weighted by Crippen LogP contribution is -2.26. The van der Waals surface area contributed by atoms with Gasteiger partial charge in [-0.1, -0.05) is 30.3 Å². The maximum atomic E-state index is 12.4. The monoisotopic (exact) mass is 367 g/mol. The SMILES string of the molecule is CSc1ccc(CN(C)C(=O)CCc2nnc(-c3ccccc3)o2)cc1. The van der Waals surface area contributed by atoms with Gasteiger partial charge < -0.3 is 9.32 Å². The average molecular weight is 367 g/mol. The number of amides is 1. The van der Waals surface area contributed by atoms with E-state index < -0.39 is 0 Å². The van der Waals surface area contributed by atoms with Crippen LogP contribution in [0.15, 0.2) is 63.9 Å². The molecule has 0 aliphatic rings. The molecule has 1 aromatic heterocycles. The van der Waals surface area contributed by atoms with E-state index in [9.17, 15) is 4.79 Å². The Kier molecular flexibility index (Phi) is 6.07. The molecule has 0 bridgehead atoms. The highest BCUT2D eigenvalue weighted by Gasteiger charge is 2.13. The van der Waals surface area contributed by atoms with Crippen LogP contribution in [0, 0.1) is 0 Å². The van der Waals surface area contributed by atoms with E-state index in [2.05, 4.69) is 34.5 Å². The van der Waals surface area contributed by atoms with Gasteiger partial charge in [0.15, 0.2) is 0 Å². The minimum Gasteiger partial charge on any atom is -0.421 e. The molecule has 0 atom stereocenters. The summed E-state index contributed by atoms with van der Waals surface area (Å²) in [7, 11) is 1.81. The van der Waals surface area contributed by atoms with Gasteiger partial charge in [0.2, 0.25) is 17.7 Å². The standard InChI is InChI=1S/C20H21N3O2S/c1-23(14-15-8-10-17(26-2)11-9-15)19(24)13-12-18-21-22-20(25-18)16-6-4-3-5-7-16/h3-11H,12-14H2,1-2H3. The van der Waals surface area contributed by atoms with Gasteiger partial charge in [0.1, 0.15) is 0 Å². The Morgan fingerprint density at radius 1 is 1.08 bits per heavy atom. The predicted molar refractivity (Wildman–Crippen MR) is 103 cm³/mol. The molecule has 0 N–H and O–H groups in total. The fourth-order valence-electron chi connectivity index (χ4n) is 2.55. The van der Waals surface area contributed by atoms with Gasteiger partial charge in [-0.15, -0.1) is 22.0 Å². The number of nitrogens with zero attached hydrogens (tertiary/aromatic N) is 3. The molecule has 26 heavy (non-hydrogen) atoms. The van der Waals surface area contributed by atoms with Gasteiger partial charge in [-0.2, -0.15) is 0 Å². The zero-order valence-electron chi connectivity index (χ0n) is 14.9. The van der Waals surface area contributed by atoms with Crippen molar-refractivity contribution in [3.63, 3.8) is 0 Å². The molecule has 2 aromatic carbocycles. The minimum atomic E-state index is 0.0541. The number of hydrogen-bond acceptors (Lipinski definition) is 5. The minimum absolute atomic E-state index is 0.0541. The molecule has 3 aromatic rings. The summed E-state index contributed by atoms with van der Waals surface area (Å²) in [5.74, 6) is 1.02. The zero-order valence-corrected chi connectivity index (χ0v) is 15.7. The van der Waals surface area contributed by atoms with Crippen molar-refractivity contribution in [3.05, 3.63) is 66.1 Å². The Morgan fingerprint density at radius 3 is 2.50 bits per heavy atom. The van der Waals surface area contributed by atoms with E-state index >= 15 is 0 Å². The summed E-state index contributed by atoms with van der Waals surface area (Å²) in [5, 5.41) is 8.09. The van der Waals surface area contributed by atoms with Gasteiger partial charge in [-0.05, 0) is 36.1 Å². The van der Waals surface area contributed by atoms with E-state index in [1.807, 2.05) is 43.6 Å². The quantitative estimate of drug-likeness (QED) is 0.590. The summed E-state index contributed by atoms with van der Waals surface area (Å²) in [4.78, 5) is 15.3. The first-order valence-corrected chi connectivity index (χ1v) is 9.63. The van der Waals surface area contributed by atoms with Crippen LogP contribution in [0.3, 0.4) is 0 Å². The van der Waals surface area contributed by atoms with Gasteiger partial charge in [-0.3, -0.25) is 4.79 Å². The number of rotatable bonds is 7. The van der Waals surface area contributed by atoms with E-state index in [-0.39, 0.29) is 5.91 Å². The average Bonchev–Trinajstić information content (AvgIpc) is 3.16. The summed E-state index contributed by atoms with van der Waals surface area (Å²) in [6.07, 6.45) is 2.83. The Labute approximate surface area is 157 Å². The smallest absolute Gasteiger partial charge is 0.247 e. The number of thioether (sulfide) groups is 1. The van der Waals surface area contributed by atoms with E-state index in [4.69, 9.17) is 4.42 Å². The van der Waals surface area contributed by atoms with Crippen molar-refractivity contribution in [2.45, 2.75) is 24.3 Å². The molecule has 5 nitrogen and oxygen atoms in total. The van der Waals surface area contributed by atoms with Gasteiger partial charge in [0, 0.05) is 36.9 Å². The number of aromatic nitrogens is 2. The number of aryl methyl sites for hydroxylation is 1.